The largest absolute Gasteiger partial charge is 0.381 e. The first-order chi connectivity index (χ1) is 10.4. The molecule has 1 atom stereocenters. The van der Waals surface area contributed by atoms with Crippen molar-refractivity contribution in [3.05, 3.63) is 29.8 Å². The molecule has 1 aliphatic carbocycles. The molecule has 4 rings (SSSR count). The van der Waals surface area contributed by atoms with Crippen molar-refractivity contribution in [2.24, 2.45) is 0 Å². The van der Waals surface area contributed by atoms with Crippen molar-refractivity contribution in [3.63, 3.8) is 0 Å². The number of likely N-dealkylation sites (tertiary alicyclic amines) is 2. The third kappa shape index (κ3) is 3.41. The van der Waals surface area contributed by atoms with Crippen molar-refractivity contribution in [1.29, 1.82) is 0 Å². The highest BCUT2D eigenvalue weighted by molar-refractivity contribution is 5.45. The highest BCUT2D eigenvalue weighted by Gasteiger charge is 2.34. The Labute approximate surface area is 128 Å². The van der Waals surface area contributed by atoms with Gasteiger partial charge >= 0.3 is 0 Å². The molecule has 2 heterocycles. The Bertz CT molecular complexity index is 460. The minimum Gasteiger partial charge on any atom is -0.381 e. The van der Waals surface area contributed by atoms with Crippen molar-refractivity contribution in [3.8, 4) is 0 Å². The predicted octanol–water partition coefficient (Wildman–Crippen LogP) is 2.93. The third-order valence-corrected chi connectivity index (χ3v) is 5.21. The second-order valence-corrected chi connectivity index (χ2v) is 7.04. The van der Waals surface area contributed by atoms with Crippen LogP contribution in [0.1, 0.15) is 37.7 Å². The number of hydrogen-bond donors (Lipinski definition) is 1. The van der Waals surface area contributed by atoms with Crippen LogP contribution >= 0.6 is 0 Å². The molecule has 1 N–H and O–H groups in total. The second-order valence-electron chi connectivity index (χ2n) is 7.04. The van der Waals surface area contributed by atoms with Gasteiger partial charge in [-0.25, -0.2) is 0 Å². The summed E-state index contributed by atoms with van der Waals surface area (Å²) in [6.07, 6.45) is 6.90. The number of benzene rings is 1. The molecular formula is C18H27N3. The van der Waals surface area contributed by atoms with Crippen LogP contribution in [-0.4, -0.2) is 48.1 Å². The molecule has 0 spiro atoms. The van der Waals surface area contributed by atoms with Gasteiger partial charge in [0.1, 0.15) is 0 Å². The Kier molecular flexibility index (Phi) is 3.87. The number of anilines is 1. The van der Waals surface area contributed by atoms with Gasteiger partial charge in [0.05, 0.1) is 0 Å². The van der Waals surface area contributed by atoms with Crippen molar-refractivity contribution in [2.45, 2.75) is 50.7 Å². The summed E-state index contributed by atoms with van der Waals surface area (Å²) in [5, 5.41) is 3.72. The Hall–Kier alpha value is -1.06. The van der Waals surface area contributed by atoms with Crippen LogP contribution in [0, 0.1) is 0 Å². The van der Waals surface area contributed by atoms with Crippen LogP contribution in [0.2, 0.25) is 0 Å². The average Bonchev–Trinajstić information content (AvgIpc) is 3.03. The molecule has 3 aliphatic rings. The molecule has 3 fully saturated rings. The smallest absolute Gasteiger partial charge is 0.0400 e. The lowest BCUT2D eigenvalue weighted by Gasteiger charge is -2.18. The van der Waals surface area contributed by atoms with E-state index in [0.29, 0.717) is 6.04 Å². The van der Waals surface area contributed by atoms with Gasteiger partial charge in [-0.15, -0.1) is 0 Å². The van der Waals surface area contributed by atoms with E-state index in [4.69, 9.17) is 0 Å². The molecule has 2 aliphatic heterocycles. The van der Waals surface area contributed by atoms with Crippen LogP contribution in [0.4, 0.5) is 5.69 Å². The summed E-state index contributed by atoms with van der Waals surface area (Å²) >= 11 is 0. The maximum atomic E-state index is 3.72. The van der Waals surface area contributed by atoms with Crippen LogP contribution < -0.4 is 5.32 Å². The van der Waals surface area contributed by atoms with Crippen LogP contribution in [0.3, 0.4) is 0 Å². The Morgan fingerprint density at radius 2 is 1.71 bits per heavy atom. The van der Waals surface area contributed by atoms with E-state index in [-0.39, 0.29) is 0 Å². The van der Waals surface area contributed by atoms with Crippen molar-refractivity contribution in [1.82, 2.24) is 9.80 Å². The lowest BCUT2D eigenvalue weighted by atomic mass is 10.1. The van der Waals surface area contributed by atoms with Gasteiger partial charge in [-0.1, -0.05) is 12.1 Å². The molecule has 1 aromatic carbocycles. The maximum absolute atomic E-state index is 3.72. The van der Waals surface area contributed by atoms with Gasteiger partial charge in [-0.2, -0.15) is 0 Å². The second kappa shape index (κ2) is 5.98. The first kappa shape index (κ1) is 13.6. The number of nitrogens with one attached hydrogen (secondary N) is 1. The fourth-order valence-electron chi connectivity index (χ4n) is 3.82. The summed E-state index contributed by atoms with van der Waals surface area (Å²) in [6.45, 7) is 6.20. The zero-order valence-electron chi connectivity index (χ0n) is 12.9. The number of hydrogen-bond acceptors (Lipinski definition) is 3. The number of rotatable bonds is 5. The van der Waals surface area contributed by atoms with E-state index in [9.17, 15) is 0 Å². The molecule has 2 saturated heterocycles. The SMILES string of the molecule is c1cc(NC2CCN(C3CC3)C2)ccc1CN1CCCC1. The van der Waals surface area contributed by atoms with E-state index in [2.05, 4.69) is 39.4 Å². The zero-order chi connectivity index (χ0) is 14.1. The highest BCUT2D eigenvalue weighted by Crippen LogP contribution is 2.30. The van der Waals surface area contributed by atoms with Gasteiger partial charge in [-0.05, 0) is 62.9 Å². The van der Waals surface area contributed by atoms with Gasteiger partial charge < -0.3 is 5.32 Å². The van der Waals surface area contributed by atoms with Crippen LogP contribution in [0.15, 0.2) is 24.3 Å². The molecule has 0 aromatic heterocycles. The van der Waals surface area contributed by atoms with Crippen LogP contribution in [0.25, 0.3) is 0 Å². The highest BCUT2D eigenvalue weighted by atomic mass is 15.2. The van der Waals surface area contributed by atoms with Crippen molar-refractivity contribution >= 4 is 5.69 Å². The monoisotopic (exact) mass is 285 g/mol. The van der Waals surface area contributed by atoms with Gasteiger partial charge in [0, 0.05) is 37.4 Å². The molecule has 114 valence electrons. The molecule has 21 heavy (non-hydrogen) atoms. The van der Waals surface area contributed by atoms with E-state index in [1.54, 1.807) is 0 Å². The van der Waals surface area contributed by atoms with E-state index in [1.165, 1.54) is 69.5 Å². The summed E-state index contributed by atoms with van der Waals surface area (Å²) in [6, 6.07) is 10.7. The first-order valence-corrected chi connectivity index (χ1v) is 8.69. The molecule has 1 saturated carbocycles. The van der Waals surface area contributed by atoms with Crippen LogP contribution in [0.5, 0.6) is 0 Å². The lowest BCUT2D eigenvalue weighted by Crippen LogP contribution is -2.27. The van der Waals surface area contributed by atoms with Gasteiger partial charge in [0.2, 0.25) is 0 Å². The quantitative estimate of drug-likeness (QED) is 0.897. The van der Waals surface area contributed by atoms with Crippen molar-refractivity contribution < 1.29 is 0 Å². The van der Waals surface area contributed by atoms with Gasteiger partial charge in [-0.3, -0.25) is 9.80 Å². The molecule has 0 amide bonds. The van der Waals surface area contributed by atoms with Crippen molar-refractivity contribution in [2.75, 3.05) is 31.5 Å². The topological polar surface area (TPSA) is 18.5 Å². The lowest BCUT2D eigenvalue weighted by molar-refractivity contribution is 0.326. The standard InChI is InChI=1S/C18H27N3/c1-2-11-20(10-1)13-15-3-5-16(6-4-15)19-17-9-12-21(14-17)18-7-8-18/h3-6,17-19H,1-2,7-14H2. The molecule has 0 bridgehead atoms. The molecule has 0 radical (unpaired) electrons. The maximum Gasteiger partial charge on any atom is 0.0400 e. The Morgan fingerprint density at radius 3 is 2.43 bits per heavy atom. The minimum atomic E-state index is 0.648. The normalized spacial score (nSPS) is 27.3. The van der Waals surface area contributed by atoms with E-state index >= 15 is 0 Å². The summed E-state index contributed by atoms with van der Waals surface area (Å²) in [7, 11) is 0. The first-order valence-electron chi connectivity index (χ1n) is 8.69. The fraction of sp³-hybridized carbons (Fsp3) is 0.667. The summed E-state index contributed by atoms with van der Waals surface area (Å²) in [5.74, 6) is 0. The third-order valence-electron chi connectivity index (χ3n) is 5.21. The van der Waals surface area contributed by atoms with E-state index in [1.807, 2.05) is 0 Å². The zero-order valence-corrected chi connectivity index (χ0v) is 12.9. The summed E-state index contributed by atoms with van der Waals surface area (Å²) in [4.78, 5) is 5.23. The average molecular weight is 285 g/mol. The van der Waals surface area contributed by atoms with Crippen LogP contribution in [-0.2, 0) is 6.54 Å². The minimum absolute atomic E-state index is 0.648. The predicted molar refractivity (Wildman–Crippen MR) is 87.6 cm³/mol. The van der Waals surface area contributed by atoms with E-state index in [0.717, 1.165) is 12.6 Å². The summed E-state index contributed by atoms with van der Waals surface area (Å²) < 4.78 is 0. The molecule has 3 heteroatoms. The molecule has 3 nitrogen and oxygen atoms in total. The summed E-state index contributed by atoms with van der Waals surface area (Å²) in [5.41, 5.74) is 2.75. The Balaban J connectivity index is 1.29. The van der Waals surface area contributed by atoms with Gasteiger partial charge in [0.15, 0.2) is 0 Å². The molecule has 1 aromatic rings. The molecule has 1 unspecified atom stereocenters. The Morgan fingerprint density at radius 1 is 0.952 bits per heavy atom. The van der Waals surface area contributed by atoms with E-state index < -0.39 is 0 Å². The van der Waals surface area contributed by atoms with Gasteiger partial charge in [0.25, 0.3) is 0 Å². The molecular weight excluding hydrogens is 258 g/mol. The number of nitrogens with zero attached hydrogens (tertiary/aromatic N) is 2. The fourth-order valence-corrected chi connectivity index (χ4v) is 3.82.